The summed E-state index contributed by atoms with van der Waals surface area (Å²) in [5, 5.41) is 8.57. The molecule has 3 nitrogen and oxygen atoms in total. The van der Waals surface area contributed by atoms with E-state index in [1.54, 1.807) is 18.2 Å². The summed E-state index contributed by atoms with van der Waals surface area (Å²) in [7, 11) is 1.53. The standard InChI is InChI=1S/C12H12BrF2NO2/c1-16(7-11(14)15)10-6-9(13)4-2-8(10)3-5-12(17)18/h2-6,11H,7H2,1H3,(H,17,18)/b5-3+. The maximum absolute atomic E-state index is 12.4. The van der Waals surface area contributed by atoms with Gasteiger partial charge in [0.2, 0.25) is 0 Å². The van der Waals surface area contributed by atoms with Crippen molar-refractivity contribution in [1.29, 1.82) is 0 Å². The first kappa shape index (κ1) is 14.6. The molecule has 0 heterocycles. The van der Waals surface area contributed by atoms with E-state index in [1.807, 2.05) is 0 Å². The summed E-state index contributed by atoms with van der Waals surface area (Å²) in [4.78, 5) is 11.9. The molecule has 1 rings (SSSR count). The minimum atomic E-state index is -2.45. The molecule has 0 unspecified atom stereocenters. The molecule has 0 saturated carbocycles. The number of benzene rings is 1. The fourth-order valence-corrected chi connectivity index (χ4v) is 1.80. The van der Waals surface area contributed by atoms with Crippen LogP contribution in [0.2, 0.25) is 0 Å². The summed E-state index contributed by atoms with van der Waals surface area (Å²) in [5.41, 5.74) is 1.12. The third-order valence-corrected chi connectivity index (χ3v) is 2.71. The first-order chi connectivity index (χ1) is 8.40. The molecule has 0 spiro atoms. The Balaban J connectivity index is 3.06. The largest absolute Gasteiger partial charge is 0.478 e. The van der Waals surface area contributed by atoms with Gasteiger partial charge in [-0.25, -0.2) is 13.6 Å². The minimum Gasteiger partial charge on any atom is -0.478 e. The molecule has 0 radical (unpaired) electrons. The molecule has 0 aromatic heterocycles. The molecule has 98 valence electrons. The van der Waals surface area contributed by atoms with Crippen molar-refractivity contribution in [2.75, 3.05) is 18.5 Å². The highest BCUT2D eigenvalue weighted by atomic mass is 79.9. The summed E-state index contributed by atoms with van der Waals surface area (Å²) in [5.74, 6) is -1.08. The molecule has 0 aliphatic carbocycles. The average molecular weight is 320 g/mol. The first-order valence-electron chi connectivity index (χ1n) is 5.10. The molecule has 0 fully saturated rings. The molecule has 18 heavy (non-hydrogen) atoms. The van der Waals surface area contributed by atoms with Crippen LogP contribution in [0.5, 0.6) is 0 Å². The number of hydrogen-bond acceptors (Lipinski definition) is 2. The van der Waals surface area contributed by atoms with Crippen molar-refractivity contribution in [3.8, 4) is 0 Å². The lowest BCUT2D eigenvalue weighted by Crippen LogP contribution is -2.24. The van der Waals surface area contributed by atoms with E-state index < -0.39 is 18.9 Å². The quantitative estimate of drug-likeness (QED) is 0.847. The Morgan fingerprint density at radius 3 is 2.78 bits per heavy atom. The lowest BCUT2D eigenvalue weighted by Gasteiger charge is -2.21. The van der Waals surface area contributed by atoms with Gasteiger partial charge >= 0.3 is 5.97 Å². The SMILES string of the molecule is CN(CC(F)F)c1cc(Br)ccc1/C=C/C(=O)O. The molecule has 1 aromatic rings. The van der Waals surface area contributed by atoms with E-state index in [2.05, 4.69) is 15.9 Å². The van der Waals surface area contributed by atoms with Gasteiger partial charge in [0.25, 0.3) is 6.43 Å². The number of carboxylic acids is 1. The molecule has 0 aliphatic heterocycles. The Hall–Kier alpha value is -1.43. The van der Waals surface area contributed by atoms with Gasteiger partial charge in [-0.15, -0.1) is 0 Å². The second-order valence-corrected chi connectivity index (χ2v) is 4.56. The molecule has 0 amide bonds. The predicted molar refractivity (Wildman–Crippen MR) is 70.1 cm³/mol. The summed E-state index contributed by atoms with van der Waals surface area (Å²) in [6.07, 6.45) is -0.0973. The van der Waals surface area contributed by atoms with E-state index in [0.29, 0.717) is 11.3 Å². The molecule has 0 aliphatic rings. The van der Waals surface area contributed by atoms with E-state index in [1.165, 1.54) is 18.0 Å². The van der Waals surface area contributed by atoms with Crippen LogP contribution >= 0.6 is 15.9 Å². The normalized spacial score (nSPS) is 11.2. The third-order valence-electron chi connectivity index (χ3n) is 2.22. The van der Waals surface area contributed by atoms with Crippen LogP contribution in [-0.4, -0.2) is 31.1 Å². The fraction of sp³-hybridized carbons (Fsp3) is 0.250. The van der Waals surface area contributed by atoms with Gasteiger partial charge in [0.1, 0.15) is 0 Å². The van der Waals surface area contributed by atoms with Crippen LogP contribution in [0.25, 0.3) is 6.08 Å². The number of aliphatic carboxylic acids is 1. The summed E-state index contributed by atoms with van der Waals surface area (Å²) in [6.45, 7) is -0.412. The molecule has 1 aromatic carbocycles. The van der Waals surface area contributed by atoms with Crippen LogP contribution in [-0.2, 0) is 4.79 Å². The van der Waals surface area contributed by atoms with Gasteiger partial charge in [-0.3, -0.25) is 0 Å². The molecule has 6 heteroatoms. The van der Waals surface area contributed by atoms with Crippen molar-refractivity contribution in [2.45, 2.75) is 6.43 Å². The van der Waals surface area contributed by atoms with Crippen LogP contribution in [0.3, 0.4) is 0 Å². The van der Waals surface area contributed by atoms with E-state index in [0.717, 1.165) is 10.5 Å². The van der Waals surface area contributed by atoms with Gasteiger partial charge < -0.3 is 10.0 Å². The second-order valence-electron chi connectivity index (χ2n) is 3.65. The number of nitrogens with zero attached hydrogens (tertiary/aromatic N) is 1. The Bertz CT molecular complexity index is 463. The summed E-state index contributed by atoms with van der Waals surface area (Å²) >= 11 is 3.26. The number of carbonyl (C=O) groups is 1. The zero-order chi connectivity index (χ0) is 13.7. The van der Waals surface area contributed by atoms with Crippen molar-refractivity contribution in [1.82, 2.24) is 0 Å². The van der Waals surface area contributed by atoms with Crippen LogP contribution < -0.4 is 4.90 Å². The number of anilines is 1. The van der Waals surface area contributed by atoms with Crippen molar-refractivity contribution < 1.29 is 18.7 Å². The minimum absolute atomic E-state index is 0.412. The maximum Gasteiger partial charge on any atom is 0.328 e. The summed E-state index contributed by atoms with van der Waals surface area (Å²) in [6, 6.07) is 5.06. The highest BCUT2D eigenvalue weighted by molar-refractivity contribution is 9.10. The fourth-order valence-electron chi connectivity index (χ4n) is 1.45. The Labute approximate surface area is 112 Å². The van der Waals surface area contributed by atoms with Crippen molar-refractivity contribution >= 4 is 33.7 Å². The van der Waals surface area contributed by atoms with E-state index >= 15 is 0 Å². The Morgan fingerprint density at radius 2 is 2.22 bits per heavy atom. The van der Waals surface area contributed by atoms with Crippen LogP contribution in [0.15, 0.2) is 28.7 Å². The molecular formula is C12H12BrF2NO2. The van der Waals surface area contributed by atoms with E-state index in [9.17, 15) is 13.6 Å². The monoisotopic (exact) mass is 319 g/mol. The number of rotatable bonds is 5. The summed E-state index contributed by atoms with van der Waals surface area (Å²) < 4.78 is 25.4. The van der Waals surface area contributed by atoms with Crippen LogP contribution in [0.4, 0.5) is 14.5 Å². The van der Waals surface area contributed by atoms with Crippen molar-refractivity contribution in [3.63, 3.8) is 0 Å². The van der Waals surface area contributed by atoms with Crippen LogP contribution in [0, 0.1) is 0 Å². The van der Waals surface area contributed by atoms with Crippen molar-refractivity contribution in [3.05, 3.63) is 34.3 Å². The van der Waals surface area contributed by atoms with E-state index in [4.69, 9.17) is 5.11 Å². The molecule has 0 atom stereocenters. The first-order valence-corrected chi connectivity index (χ1v) is 5.89. The van der Waals surface area contributed by atoms with Gasteiger partial charge in [-0.1, -0.05) is 22.0 Å². The third kappa shape index (κ3) is 4.44. The lowest BCUT2D eigenvalue weighted by molar-refractivity contribution is -0.131. The predicted octanol–water partition coefficient (Wildman–Crippen LogP) is 3.25. The molecule has 1 N–H and O–H groups in total. The molecule has 0 saturated heterocycles. The average Bonchev–Trinajstić information content (AvgIpc) is 2.26. The van der Waals surface area contributed by atoms with Gasteiger partial charge in [-0.05, 0) is 23.8 Å². The van der Waals surface area contributed by atoms with E-state index in [-0.39, 0.29) is 0 Å². The number of alkyl halides is 2. The van der Waals surface area contributed by atoms with Gasteiger partial charge in [0.05, 0.1) is 6.54 Å². The van der Waals surface area contributed by atoms with Crippen LogP contribution in [0.1, 0.15) is 5.56 Å². The maximum atomic E-state index is 12.4. The second kappa shape index (κ2) is 6.49. The number of carboxylic acid groups (broad SMARTS) is 1. The molecule has 0 bridgehead atoms. The van der Waals surface area contributed by atoms with Crippen molar-refractivity contribution in [2.24, 2.45) is 0 Å². The Kier molecular flexibility index (Phi) is 5.27. The number of halogens is 3. The highest BCUT2D eigenvalue weighted by Gasteiger charge is 2.11. The Morgan fingerprint density at radius 1 is 1.56 bits per heavy atom. The number of hydrogen-bond donors (Lipinski definition) is 1. The van der Waals surface area contributed by atoms with Gasteiger partial charge in [0.15, 0.2) is 0 Å². The zero-order valence-corrected chi connectivity index (χ0v) is 11.2. The highest BCUT2D eigenvalue weighted by Crippen LogP contribution is 2.26. The zero-order valence-electron chi connectivity index (χ0n) is 9.61. The topological polar surface area (TPSA) is 40.5 Å². The smallest absolute Gasteiger partial charge is 0.328 e. The lowest BCUT2D eigenvalue weighted by atomic mass is 10.1. The molecular weight excluding hydrogens is 308 g/mol. The van der Waals surface area contributed by atoms with Gasteiger partial charge in [0, 0.05) is 23.3 Å². The van der Waals surface area contributed by atoms with Gasteiger partial charge in [-0.2, -0.15) is 0 Å².